The minimum atomic E-state index is -3.76. The van der Waals surface area contributed by atoms with Crippen LogP contribution in [0.1, 0.15) is 26.3 Å². The third-order valence-electron chi connectivity index (χ3n) is 4.34. The highest BCUT2D eigenvalue weighted by atomic mass is 32.2. The molecular formula is C20H21N5O5S. The van der Waals surface area contributed by atoms with Crippen molar-refractivity contribution < 1.29 is 22.7 Å². The molecule has 0 saturated carbocycles. The minimum absolute atomic E-state index is 0.00381. The molecule has 31 heavy (non-hydrogen) atoms. The fraction of sp³-hybridized carbons (Fsp3) is 0.150. The Kier molecular flexibility index (Phi) is 6.37. The van der Waals surface area contributed by atoms with Gasteiger partial charge in [-0.25, -0.2) is 13.6 Å². The van der Waals surface area contributed by atoms with Gasteiger partial charge in [-0.1, -0.05) is 12.1 Å². The molecule has 0 spiro atoms. The molecule has 0 saturated heterocycles. The molecule has 162 valence electrons. The number of amides is 2. The summed E-state index contributed by atoms with van der Waals surface area (Å²) in [6, 6.07) is 12.3. The number of hydrogen-bond donors (Lipinski definition) is 3. The van der Waals surface area contributed by atoms with Gasteiger partial charge in [0.2, 0.25) is 15.9 Å². The van der Waals surface area contributed by atoms with E-state index in [0.717, 1.165) is 5.56 Å². The maximum absolute atomic E-state index is 12.4. The molecule has 1 aromatic heterocycles. The molecule has 0 aliphatic carbocycles. The van der Waals surface area contributed by atoms with Crippen LogP contribution in [0.2, 0.25) is 0 Å². The van der Waals surface area contributed by atoms with Gasteiger partial charge < -0.3 is 15.4 Å². The Balaban J connectivity index is 1.59. The molecule has 1 heterocycles. The lowest BCUT2D eigenvalue weighted by Crippen LogP contribution is -2.23. The van der Waals surface area contributed by atoms with Crippen LogP contribution in [0.5, 0.6) is 5.88 Å². The first-order valence-electron chi connectivity index (χ1n) is 9.06. The second-order valence-corrected chi connectivity index (χ2v) is 8.19. The number of anilines is 1. The molecule has 0 aliphatic heterocycles. The van der Waals surface area contributed by atoms with Crippen molar-refractivity contribution in [2.45, 2.75) is 11.4 Å². The van der Waals surface area contributed by atoms with Crippen molar-refractivity contribution in [1.82, 2.24) is 15.1 Å². The highest BCUT2D eigenvalue weighted by Gasteiger charge is 2.16. The fourth-order valence-corrected chi connectivity index (χ4v) is 3.27. The molecular weight excluding hydrogens is 422 g/mol. The summed E-state index contributed by atoms with van der Waals surface area (Å²) >= 11 is 0. The molecule has 0 unspecified atom stereocenters. The largest absolute Gasteiger partial charge is 0.479 e. The Morgan fingerprint density at radius 3 is 2.29 bits per heavy atom. The van der Waals surface area contributed by atoms with Crippen LogP contribution < -0.4 is 20.5 Å². The summed E-state index contributed by atoms with van der Waals surface area (Å²) in [6.07, 6.45) is 1.55. The Bertz CT molecular complexity index is 1200. The second-order valence-electron chi connectivity index (χ2n) is 6.63. The van der Waals surface area contributed by atoms with Crippen LogP contribution in [0.15, 0.2) is 59.6 Å². The molecule has 2 amide bonds. The monoisotopic (exact) mass is 443 g/mol. The van der Waals surface area contributed by atoms with E-state index in [4.69, 9.17) is 9.88 Å². The molecule has 11 heteroatoms. The van der Waals surface area contributed by atoms with Crippen molar-refractivity contribution in [2.24, 2.45) is 12.2 Å². The maximum Gasteiger partial charge on any atom is 0.262 e. The average molecular weight is 443 g/mol. The molecule has 2 aromatic carbocycles. The number of ether oxygens (including phenoxy) is 1. The molecule has 0 fully saturated rings. The van der Waals surface area contributed by atoms with E-state index in [1.807, 2.05) is 0 Å². The molecule has 3 aromatic rings. The smallest absolute Gasteiger partial charge is 0.262 e. The normalized spacial score (nSPS) is 11.1. The average Bonchev–Trinajstić information content (AvgIpc) is 3.13. The topological polar surface area (TPSA) is 145 Å². The zero-order valence-corrected chi connectivity index (χ0v) is 17.6. The number of methoxy groups -OCH3 is 1. The van der Waals surface area contributed by atoms with Gasteiger partial charge >= 0.3 is 0 Å². The lowest BCUT2D eigenvalue weighted by Gasteiger charge is -2.08. The van der Waals surface area contributed by atoms with Crippen LogP contribution in [0.3, 0.4) is 0 Å². The minimum Gasteiger partial charge on any atom is -0.479 e. The van der Waals surface area contributed by atoms with Crippen molar-refractivity contribution in [3.8, 4) is 5.88 Å². The van der Waals surface area contributed by atoms with Gasteiger partial charge in [-0.2, -0.15) is 0 Å². The van der Waals surface area contributed by atoms with E-state index < -0.39 is 10.0 Å². The summed E-state index contributed by atoms with van der Waals surface area (Å²) in [5, 5.41) is 14.6. The van der Waals surface area contributed by atoms with E-state index in [2.05, 4.69) is 15.7 Å². The van der Waals surface area contributed by atoms with Crippen LogP contribution in [0.4, 0.5) is 5.69 Å². The summed E-state index contributed by atoms with van der Waals surface area (Å²) in [7, 11) is -0.643. The molecule has 0 aliphatic rings. The molecule has 4 N–H and O–H groups in total. The van der Waals surface area contributed by atoms with E-state index in [9.17, 15) is 18.0 Å². The number of sulfonamides is 1. The summed E-state index contributed by atoms with van der Waals surface area (Å²) in [5.74, 6) is -0.486. The first kappa shape index (κ1) is 22.0. The predicted molar refractivity (Wildman–Crippen MR) is 113 cm³/mol. The van der Waals surface area contributed by atoms with Gasteiger partial charge in [0.1, 0.15) is 5.56 Å². The highest BCUT2D eigenvalue weighted by molar-refractivity contribution is 7.89. The number of aromatic nitrogens is 2. The molecule has 0 atom stereocenters. The highest BCUT2D eigenvalue weighted by Crippen LogP contribution is 2.18. The molecule has 10 nitrogen and oxygen atoms in total. The van der Waals surface area contributed by atoms with E-state index in [0.29, 0.717) is 16.8 Å². The predicted octanol–water partition coefficient (Wildman–Crippen LogP) is 1.26. The van der Waals surface area contributed by atoms with Crippen molar-refractivity contribution in [1.29, 1.82) is 0 Å². The SMILES string of the molecule is COc1nn(C)cc1C(=O)Nc1ccc(C(=O)NCc2ccc(S(N)(=O)=O)cc2)cc1. The Hall–Kier alpha value is -3.70. The number of nitrogens with one attached hydrogen (secondary N) is 2. The van der Waals surface area contributed by atoms with Gasteiger partial charge in [0.25, 0.3) is 11.8 Å². The van der Waals surface area contributed by atoms with Crippen LogP contribution >= 0.6 is 0 Å². The Morgan fingerprint density at radius 1 is 1.06 bits per heavy atom. The van der Waals surface area contributed by atoms with Crippen molar-refractivity contribution in [2.75, 3.05) is 12.4 Å². The van der Waals surface area contributed by atoms with Crippen LogP contribution in [-0.4, -0.2) is 37.1 Å². The zero-order valence-electron chi connectivity index (χ0n) is 16.8. The number of carbonyl (C=O) groups excluding carboxylic acids is 2. The third-order valence-corrected chi connectivity index (χ3v) is 5.27. The number of aryl methyl sites for hydroxylation is 1. The van der Waals surface area contributed by atoms with Gasteiger partial charge in [-0.05, 0) is 42.0 Å². The van der Waals surface area contributed by atoms with Crippen LogP contribution in [-0.2, 0) is 23.6 Å². The van der Waals surface area contributed by atoms with Gasteiger partial charge in [-0.15, -0.1) is 5.10 Å². The number of rotatable bonds is 7. The summed E-state index contributed by atoms with van der Waals surface area (Å²) < 4.78 is 29.1. The number of carbonyl (C=O) groups is 2. The van der Waals surface area contributed by atoms with Crippen molar-refractivity contribution >= 4 is 27.5 Å². The van der Waals surface area contributed by atoms with Crippen LogP contribution in [0.25, 0.3) is 0 Å². The van der Waals surface area contributed by atoms with Gasteiger partial charge in [0, 0.05) is 31.0 Å². The van der Waals surface area contributed by atoms with Gasteiger partial charge in [0.05, 0.1) is 12.0 Å². The van der Waals surface area contributed by atoms with Gasteiger partial charge in [0.15, 0.2) is 0 Å². The third kappa shape index (κ3) is 5.47. The summed E-state index contributed by atoms with van der Waals surface area (Å²) in [6.45, 7) is 0.211. The van der Waals surface area contributed by atoms with Gasteiger partial charge in [-0.3, -0.25) is 14.3 Å². The van der Waals surface area contributed by atoms with E-state index in [1.165, 1.54) is 23.9 Å². The van der Waals surface area contributed by atoms with E-state index in [1.54, 1.807) is 49.6 Å². The summed E-state index contributed by atoms with van der Waals surface area (Å²) in [5.41, 5.74) is 1.92. The number of hydrogen-bond acceptors (Lipinski definition) is 6. The zero-order chi connectivity index (χ0) is 22.6. The Labute approximate surface area is 179 Å². The standard InChI is InChI=1S/C20H21N5O5S/c1-25-12-17(20(24-25)30-2)19(27)23-15-7-5-14(6-8-15)18(26)22-11-13-3-9-16(10-4-13)31(21,28)29/h3-10,12H,11H2,1-2H3,(H,22,26)(H,23,27)(H2,21,28,29). The lowest BCUT2D eigenvalue weighted by molar-refractivity contribution is 0.0950. The lowest BCUT2D eigenvalue weighted by atomic mass is 10.1. The summed E-state index contributed by atoms with van der Waals surface area (Å²) in [4.78, 5) is 24.7. The second kappa shape index (κ2) is 8.98. The molecule has 0 radical (unpaired) electrons. The quantitative estimate of drug-likeness (QED) is 0.501. The van der Waals surface area contributed by atoms with Crippen molar-refractivity contribution in [3.63, 3.8) is 0 Å². The fourth-order valence-electron chi connectivity index (χ4n) is 2.76. The number of nitrogens with two attached hydrogens (primary N) is 1. The molecule has 3 rings (SSSR count). The number of nitrogens with zero attached hydrogens (tertiary/aromatic N) is 2. The Morgan fingerprint density at radius 2 is 1.71 bits per heavy atom. The molecule has 0 bridgehead atoms. The first-order chi connectivity index (χ1) is 14.7. The van der Waals surface area contributed by atoms with E-state index in [-0.39, 0.29) is 29.1 Å². The van der Waals surface area contributed by atoms with E-state index >= 15 is 0 Å². The van der Waals surface area contributed by atoms with Crippen LogP contribution in [0, 0.1) is 0 Å². The number of benzene rings is 2. The van der Waals surface area contributed by atoms with Crippen molar-refractivity contribution in [3.05, 3.63) is 71.4 Å². The first-order valence-corrected chi connectivity index (χ1v) is 10.6. The maximum atomic E-state index is 12.4. The number of primary sulfonamides is 1.